The van der Waals surface area contributed by atoms with Gasteiger partial charge in [-0.05, 0) is 62.1 Å². The Bertz CT molecular complexity index is 2730. The first-order valence-corrected chi connectivity index (χ1v) is 14.8. The highest BCUT2D eigenvalue weighted by Crippen LogP contribution is 2.39. The standard InChI is InChI=1S/C40H23N3O/c1-2-11-28-26(9-1)27-10-3-4-12-29(27)33-19-24(17-18-30(28)33)25-22-41-40(42-23-25)43-36-15-7-5-13-31(36)34-20-35-32-14-6-8-16-38(32)44-39(35)21-37(34)43/h1-23H. The highest BCUT2D eigenvalue weighted by Gasteiger charge is 2.18. The van der Waals surface area contributed by atoms with Crippen LogP contribution in [0, 0.1) is 0 Å². The van der Waals surface area contributed by atoms with Crippen LogP contribution < -0.4 is 0 Å². The van der Waals surface area contributed by atoms with Gasteiger partial charge in [0.2, 0.25) is 5.95 Å². The van der Waals surface area contributed by atoms with E-state index in [1.807, 2.05) is 24.5 Å². The van der Waals surface area contributed by atoms with Crippen LogP contribution in [0.2, 0.25) is 0 Å². The van der Waals surface area contributed by atoms with Crippen LogP contribution >= 0.6 is 0 Å². The van der Waals surface area contributed by atoms with Crippen molar-refractivity contribution in [2.45, 2.75) is 0 Å². The fourth-order valence-electron chi connectivity index (χ4n) is 7.08. The Morgan fingerprint density at radius 2 is 0.977 bits per heavy atom. The molecule has 0 unspecified atom stereocenters. The van der Waals surface area contributed by atoms with E-state index in [1.165, 1.54) is 32.3 Å². The minimum absolute atomic E-state index is 0.632. The number of furan rings is 1. The van der Waals surface area contributed by atoms with Crippen LogP contribution in [-0.4, -0.2) is 14.5 Å². The summed E-state index contributed by atoms with van der Waals surface area (Å²) in [6, 6.07) is 45.0. The van der Waals surface area contributed by atoms with Crippen molar-refractivity contribution in [1.29, 1.82) is 0 Å². The van der Waals surface area contributed by atoms with E-state index in [9.17, 15) is 0 Å². The lowest BCUT2D eigenvalue weighted by Crippen LogP contribution is -2.00. The van der Waals surface area contributed by atoms with Gasteiger partial charge in [0.15, 0.2) is 0 Å². The summed E-state index contributed by atoms with van der Waals surface area (Å²) in [7, 11) is 0. The number of aromatic nitrogens is 3. The molecule has 3 aromatic heterocycles. The van der Waals surface area contributed by atoms with E-state index in [2.05, 4.69) is 120 Å². The molecule has 10 rings (SSSR count). The second-order valence-electron chi connectivity index (χ2n) is 11.4. The number of benzene rings is 7. The summed E-state index contributed by atoms with van der Waals surface area (Å²) in [6.07, 6.45) is 3.88. The number of rotatable bonds is 2. The molecule has 4 heteroatoms. The van der Waals surface area contributed by atoms with Crippen molar-refractivity contribution in [3.05, 3.63) is 140 Å². The number of fused-ring (bicyclic) bond motifs is 12. The predicted molar refractivity (Wildman–Crippen MR) is 182 cm³/mol. The molecule has 7 aromatic carbocycles. The Hall–Kier alpha value is -6.00. The second kappa shape index (κ2) is 8.76. The molecule has 0 saturated heterocycles. The van der Waals surface area contributed by atoms with Gasteiger partial charge in [0.1, 0.15) is 11.2 Å². The van der Waals surface area contributed by atoms with Crippen molar-refractivity contribution < 1.29 is 4.42 Å². The zero-order chi connectivity index (χ0) is 28.8. The molecule has 10 aromatic rings. The third kappa shape index (κ3) is 3.22. The third-order valence-electron chi connectivity index (χ3n) is 9.09. The van der Waals surface area contributed by atoms with Crippen molar-refractivity contribution in [1.82, 2.24) is 14.5 Å². The van der Waals surface area contributed by atoms with Crippen molar-refractivity contribution in [2.24, 2.45) is 0 Å². The lowest BCUT2D eigenvalue weighted by atomic mass is 9.92. The average Bonchev–Trinajstić information content (AvgIpc) is 3.62. The molecule has 4 nitrogen and oxygen atoms in total. The lowest BCUT2D eigenvalue weighted by molar-refractivity contribution is 0.669. The molecular formula is C40H23N3O. The molecule has 204 valence electrons. The van der Waals surface area contributed by atoms with E-state index in [0.717, 1.165) is 54.9 Å². The smallest absolute Gasteiger partial charge is 0.234 e. The SMILES string of the molecule is c1ccc2c(c1)oc1cc3c(cc12)c1ccccc1n3-c1ncc(-c2ccc3c4ccccc4c4ccccc4c3c2)cn1. The lowest BCUT2D eigenvalue weighted by Gasteiger charge is -2.12. The largest absolute Gasteiger partial charge is 0.456 e. The first kappa shape index (κ1) is 23.6. The Balaban J connectivity index is 1.16. The monoisotopic (exact) mass is 561 g/mol. The number of nitrogens with zero attached hydrogens (tertiary/aromatic N) is 3. The van der Waals surface area contributed by atoms with Gasteiger partial charge >= 0.3 is 0 Å². The highest BCUT2D eigenvalue weighted by atomic mass is 16.3. The third-order valence-corrected chi connectivity index (χ3v) is 9.09. The minimum atomic E-state index is 0.632. The van der Waals surface area contributed by atoms with Gasteiger partial charge in [-0.2, -0.15) is 0 Å². The summed E-state index contributed by atoms with van der Waals surface area (Å²) in [5, 5.41) is 12.1. The van der Waals surface area contributed by atoms with Crippen LogP contribution in [0.25, 0.3) is 93.1 Å². The molecule has 0 radical (unpaired) electrons. The van der Waals surface area contributed by atoms with Crippen molar-refractivity contribution in [2.75, 3.05) is 0 Å². The van der Waals surface area contributed by atoms with E-state index in [0.29, 0.717) is 5.95 Å². The predicted octanol–water partition coefficient (Wildman–Crippen LogP) is 10.6. The molecule has 0 aliphatic carbocycles. The molecule has 0 spiro atoms. The topological polar surface area (TPSA) is 43.9 Å². The van der Waals surface area contributed by atoms with Gasteiger partial charge in [-0.3, -0.25) is 4.57 Å². The van der Waals surface area contributed by atoms with E-state index in [4.69, 9.17) is 14.4 Å². The number of para-hydroxylation sites is 2. The van der Waals surface area contributed by atoms with Crippen LogP contribution in [0.1, 0.15) is 0 Å². The molecule has 0 saturated carbocycles. The van der Waals surface area contributed by atoms with Gasteiger partial charge in [-0.25, -0.2) is 9.97 Å². The van der Waals surface area contributed by atoms with Crippen LogP contribution in [0.15, 0.2) is 144 Å². The fraction of sp³-hybridized carbons (Fsp3) is 0. The normalized spacial score (nSPS) is 12.1. The van der Waals surface area contributed by atoms with E-state index in [1.54, 1.807) is 0 Å². The Morgan fingerprint density at radius 1 is 0.386 bits per heavy atom. The summed E-state index contributed by atoms with van der Waals surface area (Å²) in [5.41, 5.74) is 5.91. The zero-order valence-corrected chi connectivity index (χ0v) is 23.5. The molecule has 0 aliphatic heterocycles. The second-order valence-corrected chi connectivity index (χ2v) is 11.4. The first-order chi connectivity index (χ1) is 21.8. The van der Waals surface area contributed by atoms with Gasteiger partial charge < -0.3 is 4.42 Å². The van der Waals surface area contributed by atoms with Crippen LogP contribution in [0.5, 0.6) is 0 Å². The number of hydrogen-bond donors (Lipinski definition) is 0. The molecule has 0 atom stereocenters. The van der Waals surface area contributed by atoms with Gasteiger partial charge in [0.25, 0.3) is 0 Å². The summed E-state index contributed by atoms with van der Waals surface area (Å²) in [6.45, 7) is 0. The quantitative estimate of drug-likeness (QED) is 0.197. The van der Waals surface area contributed by atoms with Crippen molar-refractivity contribution in [3.8, 4) is 17.1 Å². The molecule has 0 fully saturated rings. The van der Waals surface area contributed by atoms with Crippen molar-refractivity contribution >= 4 is 76.1 Å². The summed E-state index contributed by atoms with van der Waals surface area (Å²) >= 11 is 0. The van der Waals surface area contributed by atoms with E-state index < -0.39 is 0 Å². The molecule has 0 aliphatic rings. The first-order valence-electron chi connectivity index (χ1n) is 14.8. The van der Waals surface area contributed by atoms with Crippen molar-refractivity contribution in [3.63, 3.8) is 0 Å². The molecule has 0 N–H and O–H groups in total. The number of hydrogen-bond acceptors (Lipinski definition) is 3. The highest BCUT2D eigenvalue weighted by molar-refractivity contribution is 6.25. The van der Waals surface area contributed by atoms with E-state index >= 15 is 0 Å². The molecule has 44 heavy (non-hydrogen) atoms. The molecule has 0 amide bonds. The van der Waals surface area contributed by atoms with Crippen LogP contribution in [-0.2, 0) is 0 Å². The van der Waals surface area contributed by atoms with Crippen LogP contribution in [0.3, 0.4) is 0 Å². The molecule has 3 heterocycles. The average molecular weight is 562 g/mol. The van der Waals surface area contributed by atoms with Gasteiger partial charge in [0, 0.05) is 45.6 Å². The Morgan fingerprint density at radius 3 is 1.70 bits per heavy atom. The zero-order valence-electron chi connectivity index (χ0n) is 23.5. The summed E-state index contributed by atoms with van der Waals surface area (Å²) < 4.78 is 8.40. The van der Waals surface area contributed by atoms with Gasteiger partial charge in [0.05, 0.1) is 11.0 Å². The fourth-order valence-corrected chi connectivity index (χ4v) is 7.08. The maximum absolute atomic E-state index is 6.26. The summed E-state index contributed by atoms with van der Waals surface area (Å²) in [4.78, 5) is 9.87. The minimum Gasteiger partial charge on any atom is -0.456 e. The Labute approximate surface area is 251 Å². The summed E-state index contributed by atoms with van der Waals surface area (Å²) in [5.74, 6) is 0.632. The Kier molecular flexibility index (Phi) is 4.69. The molecular weight excluding hydrogens is 538 g/mol. The molecule has 0 bridgehead atoms. The van der Waals surface area contributed by atoms with Gasteiger partial charge in [-0.15, -0.1) is 0 Å². The maximum atomic E-state index is 6.26. The van der Waals surface area contributed by atoms with Gasteiger partial charge in [-0.1, -0.05) is 97.1 Å². The van der Waals surface area contributed by atoms with E-state index in [-0.39, 0.29) is 0 Å². The maximum Gasteiger partial charge on any atom is 0.234 e. The van der Waals surface area contributed by atoms with Crippen LogP contribution in [0.4, 0.5) is 0 Å².